The van der Waals surface area contributed by atoms with Crippen molar-refractivity contribution in [2.24, 2.45) is 0 Å². The number of hydrogen-bond donors (Lipinski definition) is 1. The number of aromatic nitrogens is 3. The molecule has 2 aliphatic heterocycles. The second kappa shape index (κ2) is 5.78. The average Bonchev–Trinajstić information content (AvgIpc) is 3.30. The molecule has 26 heavy (non-hydrogen) atoms. The van der Waals surface area contributed by atoms with E-state index in [4.69, 9.17) is 4.74 Å². The van der Waals surface area contributed by atoms with Gasteiger partial charge < -0.3 is 14.7 Å². The van der Waals surface area contributed by atoms with Crippen molar-refractivity contribution in [3.63, 3.8) is 0 Å². The highest BCUT2D eigenvalue weighted by Crippen LogP contribution is 2.45. The molecule has 3 aromatic rings. The van der Waals surface area contributed by atoms with Crippen molar-refractivity contribution in [1.82, 2.24) is 14.4 Å². The lowest BCUT2D eigenvalue weighted by molar-refractivity contribution is -0.0757. The Labute approximate surface area is 153 Å². The Balaban J connectivity index is 1.44. The van der Waals surface area contributed by atoms with Crippen LogP contribution in [-0.4, -0.2) is 45.1 Å². The van der Waals surface area contributed by atoms with Crippen molar-refractivity contribution >= 4 is 28.8 Å². The van der Waals surface area contributed by atoms with Crippen molar-refractivity contribution in [1.29, 1.82) is 0 Å². The summed E-state index contributed by atoms with van der Waals surface area (Å²) in [6.45, 7) is 2.32. The van der Waals surface area contributed by atoms with E-state index in [1.54, 1.807) is 12.4 Å². The van der Waals surface area contributed by atoms with Crippen LogP contribution in [0.2, 0.25) is 0 Å². The Bertz CT molecular complexity index is 987. The zero-order chi connectivity index (χ0) is 17.7. The highest BCUT2D eigenvalue weighted by molar-refractivity contribution is 7.14. The van der Waals surface area contributed by atoms with Gasteiger partial charge >= 0.3 is 5.97 Å². The first-order valence-electron chi connectivity index (χ1n) is 8.69. The monoisotopic (exact) mass is 370 g/mol. The molecule has 0 unspecified atom stereocenters. The van der Waals surface area contributed by atoms with Crippen LogP contribution in [0.15, 0.2) is 30.9 Å². The number of rotatable bonds is 2. The predicted octanol–water partition coefficient (Wildman–Crippen LogP) is 2.56. The quantitative estimate of drug-likeness (QED) is 0.747. The minimum atomic E-state index is -0.852. The number of nitrogens with zero attached hydrogens (tertiary/aromatic N) is 4. The topological polar surface area (TPSA) is 80.0 Å². The van der Waals surface area contributed by atoms with Gasteiger partial charge in [0.2, 0.25) is 0 Å². The first kappa shape index (κ1) is 15.8. The molecule has 1 fully saturated rings. The Hall–Kier alpha value is -2.45. The molecule has 0 aromatic carbocycles. The van der Waals surface area contributed by atoms with Gasteiger partial charge in [-0.05, 0) is 24.5 Å². The molecule has 1 N–H and O–H groups in total. The minimum Gasteiger partial charge on any atom is -0.477 e. The van der Waals surface area contributed by atoms with Crippen molar-refractivity contribution in [2.75, 3.05) is 24.6 Å². The summed E-state index contributed by atoms with van der Waals surface area (Å²) in [6, 6.07) is 1.83. The van der Waals surface area contributed by atoms with Crippen LogP contribution in [0.1, 0.15) is 33.0 Å². The van der Waals surface area contributed by atoms with E-state index in [-0.39, 0.29) is 5.60 Å². The lowest BCUT2D eigenvalue weighted by Gasteiger charge is -2.44. The molecular weight excluding hydrogens is 352 g/mol. The first-order valence-corrected chi connectivity index (χ1v) is 9.50. The maximum Gasteiger partial charge on any atom is 0.345 e. The molecule has 0 atom stereocenters. The summed E-state index contributed by atoms with van der Waals surface area (Å²) in [5.41, 5.74) is 1.57. The third-order valence-electron chi connectivity index (χ3n) is 5.41. The minimum absolute atomic E-state index is 0.357. The largest absolute Gasteiger partial charge is 0.477 e. The van der Waals surface area contributed by atoms with Gasteiger partial charge in [0.1, 0.15) is 10.7 Å². The molecule has 5 heterocycles. The fourth-order valence-electron chi connectivity index (χ4n) is 4.10. The van der Waals surface area contributed by atoms with Crippen LogP contribution in [0.4, 0.5) is 5.82 Å². The van der Waals surface area contributed by atoms with E-state index in [0.717, 1.165) is 49.4 Å². The Morgan fingerprint density at radius 2 is 2.15 bits per heavy atom. The first-order chi connectivity index (χ1) is 12.7. The van der Waals surface area contributed by atoms with E-state index in [9.17, 15) is 9.90 Å². The molecule has 0 amide bonds. The molecule has 0 saturated carbocycles. The molecule has 0 aliphatic carbocycles. The number of carbonyl (C=O) groups is 1. The second-order valence-corrected chi connectivity index (χ2v) is 7.89. The fraction of sp³-hybridized carbons (Fsp3) is 0.389. The van der Waals surface area contributed by atoms with Crippen LogP contribution in [-0.2, 0) is 16.8 Å². The summed E-state index contributed by atoms with van der Waals surface area (Å²) in [5, 5.41) is 9.34. The summed E-state index contributed by atoms with van der Waals surface area (Å²) in [6.07, 6.45) is 9.82. The van der Waals surface area contributed by atoms with Gasteiger partial charge in [0.15, 0.2) is 5.65 Å². The normalized spacial score (nSPS) is 19.0. The molecule has 8 heteroatoms. The van der Waals surface area contributed by atoms with Crippen LogP contribution >= 0.6 is 11.3 Å². The highest BCUT2D eigenvalue weighted by atomic mass is 32.1. The molecule has 5 rings (SSSR count). The molecular formula is C18H18N4O3S. The number of aromatic carboxylic acids is 1. The maximum atomic E-state index is 11.4. The number of fused-ring (bicyclic) bond motifs is 3. The summed E-state index contributed by atoms with van der Waals surface area (Å²) < 4.78 is 8.28. The van der Waals surface area contributed by atoms with Crippen molar-refractivity contribution in [2.45, 2.75) is 24.9 Å². The smallest absolute Gasteiger partial charge is 0.345 e. The van der Waals surface area contributed by atoms with E-state index >= 15 is 0 Å². The van der Waals surface area contributed by atoms with E-state index < -0.39 is 5.97 Å². The Morgan fingerprint density at radius 3 is 2.96 bits per heavy atom. The fourth-order valence-corrected chi connectivity index (χ4v) is 5.17. The molecule has 3 aromatic heterocycles. The van der Waals surface area contributed by atoms with Crippen LogP contribution in [0.5, 0.6) is 0 Å². The molecule has 7 nitrogen and oxygen atoms in total. The van der Waals surface area contributed by atoms with Gasteiger partial charge in [-0.3, -0.25) is 9.38 Å². The Kier molecular flexibility index (Phi) is 3.51. The SMILES string of the molecule is O=C(O)c1cc2c(s1)CCOC21CCN(c2cncc3nccn23)CC1. The standard InChI is InChI=1S/C18H18N4O3S/c23-17(24)14-9-12-13(26-14)1-8-25-18(12)2-5-21(6-3-18)16-11-19-10-15-20-4-7-22(15)16/h4,7,9-11H,1-3,5-6,8H2,(H,23,24). The molecule has 134 valence electrons. The number of anilines is 1. The lowest BCUT2D eigenvalue weighted by Crippen LogP contribution is -2.46. The second-order valence-electron chi connectivity index (χ2n) is 6.75. The predicted molar refractivity (Wildman–Crippen MR) is 97.0 cm³/mol. The molecule has 1 saturated heterocycles. The Morgan fingerprint density at radius 1 is 1.31 bits per heavy atom. The molecule has 2 aliphatic rings. The van der Waals surface area contributed by atoms with Gasteiger partial charge in [-0.1, -0.05) is 0 Å². The number of piperidine rings is 1. The third-order valence-corrected chi connectivity index (χ3v) is 6.59. The summed E-state index contributed by atoms with van der Waals surface area (Å²) in [5.74, 6) is 0.178. The van der Waals surface area contributed by atoms with Gasteiger partial charge in [-0.25, -0.2) is 9.78 Å². The number of hydrogen-bond acceptors (Lipinski definition) is 6. The van der Waals surface area contributed by atoms with Gasteiger partial charge in [-0.15, -0.1) is 11.3 Å². The van der Waals surface area contributed by atoms with Crippen molar-refractivity contribution in [3.05, 3.63) is 46.2 Å². The zero-order valence-electron chi connectivity index (χ0n) is 14.1. The number of thiophene rings is 1. The average molecular weight is 370 g/mol. The lowest BCUT2D eigenvalue weighted by atomic mass is 9.82. The van der Waals surface area contributed by atoms with E-state index in [1.807, 2.05) is 22.9 Å². The van der Waals surface area contributed by atoms with Gasteiger partial charge in [0, 0.05) is 36.8 Å². The van der Waals surface area contributed by atoms with Gasteiger partial charge in [0.05, 0.1) is 24.6 Å². The van der Waals surface area contributed by atoms with Crippen LogP contribution in [0.25, 0.3) is 5.65 Å². The van der Waals surface area contributed by atoms with Crippen LogP contribution in [0.3, 0.4) is 0 Å². The molecule has 0 radical (unpaired) electrons. The maximum absolute atomic E-state index is 11.4. The molecule has 0 bridgehead atoms. The van der Waals surface area contributed by atoms with Gasteiger partial charge in [-0.2, -0.15) is 0 Å². The summed E-state index contributed by atoms with van der Waals surface area (Å²) >= 11 is 1.40. The highest BCUT2D eigenvalue weighted by Gasteiger charge is 2.42. The van der Waals surface area contributed by atoms with E-state index in [0.29, 0.717) is 11.5 Å². The number of carboxylic acids is 1. The summed E-state index contributed by atoms with van der Waals surface area (Å²) in [7, 11) is 0. The zero-order valence-corrected chi connectivity index (χ0v) is 14.9. The number of imidazole rings is 1. The number of ether oxygens (including phenoxy) is 1. The van der Waals surface area contributed by atoms with E-state index in [1.165, 1.54) is 16.2 Å². The van der Waals surface area contributed by atoms with E-state index in [2.05, 4.69) is 14.9 Å². The van der Waals surface area contributed by atoms with Crippen molar-refractivity contribution < 1.29 is 14.6 Å². The molecule has 1 spiro atoms. The summed E-state index contributed by atoms with van der Waals surface area (Å²) in [4.78, 5) is 23.9. The van der Waals surface area contributed by atoms with Crippen LogP contribution < -0.4 is 4.90 Å². The third kappa shape index (κ3) is 2.33. The van der Waals surface area contributed by atoms with Crippen LogP contribution in [0, 0.1) is 0 Å². The van der Waals surface area contributed by atoms with Gasteiger partial charge in [0.25, 0.3) is 0 Å². The number of carboxylic acid groups (broad SMARTS) is 1. The van der Waals surface area contributed by atoms with Crippen molar-refractivity contribution in [3.8, 4) is 0 Å².